The van der Waals surface area contributed by atoms with Crippen LogP contribution in [0.3, 0.4) is 0 Å². The molecule has 1 rings (SSSR count). The van der Waals surface area contributed by atoms with Gasteiger partial charge in [-0.15, -0.1) is 0 Å². The Hall–Kier alpha value is -0.550. The fourth-order valence-electron chi connectivity index (χ4n) is 0.832. The number of benzene rings is 1. The van der Waals surface area contributed by atoms with Crippen LogP contribution in [0.2, 0.25) is 0 Å². The van der Waals surface area contributed by atoms with Gasteiger partial charge in [-0.1, -0.05) is 0 Å². The van der Waals surface area contributed by atoms with Gasteiger partial charge in [0.1, 0.15) is 0 Å². The highest BCUT2D eigenvalue weighted by Crippen LogP contribution is 2.28. The number of methoxy groups -OCH3 is 1. The number of carbonyl (C=O) groups excluding carboxylic acids is 1. The monoisotopic (exact) mass is 307 g/mol. The van der Waals surface area contributed by atoms with Gasteiger partial charge in [0.05, 0.1) is 12.7 Å². The Morgan fingerprint density at radius 2 is 2.00 bits per heavy atom. The van der Waals surface area contributed by atoms with Gasteiger partial charge in [-0.25, -0.2) is 4.79 Å². The van der Waals surface area contributed by atoms with Gasteiger partial charge < -0.3 is 10.5 Å². The Bertz CT molecular complexity index is 352. The maximum Gasteiger partial charge on any atom is 0.339 e. The van der Waals surface area contributed by atoms with E-state index in [-0.39, 0.29) is 0 Å². The summed E-state index contributed by atoms with van der Waals surface area (Å²) in [5.74, 6) is -0.411. The summed E-state index contributed by atoms with van der Waals surface area (Å²) in [4.78, 5) is 11.2. The lowest BCUT2D eigenvalue weighted by Gasteiger charge is -2.05. The van der Waals surface area contributed by atoms with E-state index in [1.54, 1.807) is 12.1 Å². The molecule has 0 amide bonds. The van der Waals surface area contributed by atoms with E-state index < -0.39 is 5.97 Å². The number of halogens is 2. The van der Waals surface area contributed by atoms with Gasteiger partial charge in [0.2, 0.25) is 0 Å². The molecule has 0 bridgehead atoms. The normalized spacial score (nSPS) is 9.77. The first kappa shape index (κ1) is 10.5. The lowest BCUT2D eigenvalue weighted by atomic mass is 10.2. The summed E-state index contributed by atoms with van der Waals surface area (Å²) in [6.07, 6.45) is 0. The average Bonchev–Trinajstić information content (AvgIpc) is 2.10. The third kappa shape index (κ3) is 2.22. The molecule has 0 saturated heterocycles. The van der Waals surface area contributed by atoms with E-state index in [1.807, 2.05) is 0 Å². The summed E-state index contributed by atoms with van der Waals surface area (Å²) in [6.45, 7) is 0. The van der Waals surface area contributed by atoms with Crippen molar-refractivity contribution in [3.63, 3.8) is 0 Å². The van der Waals surface area contributed by atoms with Crippen molar-refractivity contribution < 1.29 is 9.53 Å². The molecule has 0 saturated carbocycles. The number of ether oxygens (including phenoxy) is 1. The quantitative estimate of drug-likeness (QED) is 0.641. The van der Waals surface area contributed by atoms with Crippen LogP contribution in [0.15, 0.2) is 21.1 Å². The molecule has 0 spiro atoms. The maximum atomic E-state index is 11.2. The van der Waals surface area contributed by atoms with Crippen molar-refractivity contribution in [1.29, 1.82) is 0 Å². The Morgan fingerprint density at radius 3 is 2.54 bits per heavy atom. The molecule has 70 valence electrons. The maximum absolute atomic E-state index is 11.2. The van der Waals surface area contributed by atoms with Gasteiger partial charge in [-0.3, -0.25) is 0 Å². The van der Waals surface area contributed by atoms with Crippen molar-refractivity contribution in [2.75, 3.05) is 12.8 Å². The van der Waals surface area contributed by atoms with Crippen LogP contribution in [-0.2, 0) is 4.74 Å². The highest BCUT2D eigenvalue weighted by Gasteiger charge is 2.12. The molecule has 3 nitrogen and oxygen atoms in total. The lowest BCUT2D eigenvalue weighted by molar-refractivity contribution is 0.0599. The van der Waals surface area contributed by atoms with Gasteiger partial charge in [0.25, 0.3) is 0 Å². The summed E-state index contributed by atoms with van der Waals surface area (Å²) in [5.41, 5.74) is 6.53. The number of hydrogen-bond acceptors (Lipinski definition) is 3. The van der Waals surface area contributed by atoms with E-state index >= 15 is 0 Å². The van der Waals surface area contributed by atoms with Gasteiger partial charge in [0.15, 0.2) is 0 Å². The molecule has 2 N–H and O–H groups in total. The molecule has 13 heavy (non-hydrogen) atoms. The van der Waals surface area contributed by atoms with Crippen LogP contribution in [0.1, 0.15) is 10.4 Å². The lowest BCUT2D eigenvalue weighted by Crippen LogP contribution is -2.03. The number of anilines is 1. The molecule has 0 fully saturated rings. The van der Waals surface area contributed by atoms with Crippen molar-refractivity contribution in [2.45, 2.75) is 0 Å². The molecular formula is C8H7Br2NO2. The number of rotatable bonds is 1. The molecule has 0 atom stereocenters. The molecule has 0 aromatic heterocycles. The van der Waals surface area contributed by atoms with Crippen molar-refractivity contribution in [1.82, 2.24) is 0 Å². The van der Waals surface area contributed by atoms with E-state index in [1.165, 1.54) is 7.11 Å². The van der Waals surface area contributed by atoms with Crippen LogP contribution in [0.4, 0.5) is 5.69 Å². The van der Waals surface area contributed by atoms with Crippen LogP contribution in [0, 0.1) is 0 Å². The minimum Gasteiger partial charge on any atom is -0.465 e. The average molecular weight is 309 g/mol. The van der Waals surface area contributed by atoms with E-state index in [9.17, 15) is 4.79 Å². The molecule has 0 radical (unpaired) electrons. The highest BCUT2D eigenvalue weighted by molar-refractivity contribution is 9.11. The van der Waals surface area contributed by atoms with Crippen LogP contribution in [0.5, 0.6) is 0 Å². The SMILES string of the molecule is COC(=O)c1cc(N)c(Br)cc1Br. The third-order valence-electron chi connectivity index (χ3n) is 1.49. The van der Waals surface area contributed by atoms with Crippen molar-refractivity contribution >= 4 is 43.5 Å². The molecule has 0 aliphatic rings. The molecule has 0 heterocycles. The second kappa shape index (κ2) is 4.11. The third-order valence-corrected chi connectivity index (χ3v) is 2.83. The molecule has 5 heteroatoms. The minimum absolute atomic E-state index is 0.411. The number of nitrogens with two attached hydrogens (primary N) is 1. The van der Waals surface area contributed by atoms with Crippen LogP contribution in [0.25, 0.3) is 0 Å². The van der Waals surface area contributed by atoms with Crippen LogP contribution >= 0.6 is 31.9 Å². The fourth-order valence-corrected chi connectivity index (χ4v) is 1.99. The van der Waals surface area contributed by atoms with Gasteiger partial charge >= 0.3 is 5.97 Å². The van der Waals surface area contributed by atoms with Gasteiger partial charge in [0, 0.05) is 14.6 Å². The van der Waals surface area contributed by atoms with Crippen LogP contribution in [-0.4, -0.2) is 13.1 Å². The standard InChI is InChI=1S/C8H7Br2NO2/c1-13-8(12)4-2-7(11)6(10)3-5(4)9/h2-3H,11H2,1H3. The minimum atomic E-state index is -0.411. The van der Waals surface area contributed by atoms with Crippen molar-refractivity contribution in [2.24, 2.45) is 0 Å². The number of carbonyl (C=O) groups is 1. The molecular weight excluding hydrogens is 302 g/mol. The predicted molar refractivity (Wildman–Crippen MR) is 57.6 cm³/mol. The number of hydrogen-bond donors (Lipinski definition) is 1. The summed E-state index contributed by atoms with van der Waals surface area (Å²) in [5, 5.41) is 0. The zero-order chi connectivity index (χ0) is 10.0. The second-order valence-corrected chi connectivity index (χ2v) is 4.05. The van der Waals surface area contributed by atoms with Crippen molar-refractivity contribution in [3.05, 3.63) is 26.6 Å². The number of esters is 1. The molecule has 0 unspecified atom stereocenters. The Balaban J connectivity index is 3.23. The zero-order valence-corrected chi connectivity index (χ0v) is 9.98. The van der Waals surface area contributed by atoms with Crippen LogP contribution < -0.4 is 5.73 Å². The molecule has 0 aliphatic carbocycles. The first-order valence-corrected chi connectivity index (χ1v) is 4.97. The summed E-state index contributed by atoms with van der Waals surface area (Å²) >= 11 is 6.48. The topological polar surface area (TPSA) is 52.3 Å². The van der Waals surface area contributed by atoms with Gasteiger partial charge in [-0.2, -0.15) is 0 Å². The zero-order valence-electron chi connectivity index (χ0n) is 6.80. The summed E-state index contributed by atoms with van der Waals surface area (Å²) in [6, 6.07) is 3.27. The highest BCUT2D eigenvalue weighted by atomic mass is 79.9. The van der Waals surface area contributed by atoms with E-state index in [2.05, 4.69) is 36.6 Å². The largest absolute Gasteiger partial charge is 0.465 e. The first-order chi connectivity index (χ1) is 6.06. The predicted octanol–water partition coefficient (Wildman–Crippen LogP) is 2.58. The second-order valence-electron chi connectivity index (χ2n) is 2.35. The summed E-state index contributed by atoms with van der Waals surface area (Å²) in [7, 11) is 1.33. The number of nitrogen functional groups attached to an aromatic ring is 1. The van der Waals surface area contributed by atoms with Gasteiger partial charge in [-0.05, 0) is 44.0 Å². The summed E-state index contributed by atoms with van der Waals surface area (Å²) < 4.78 is 5.97. The Labute approximate surface area is 92.5 Å². The fraction of sp³-hybridized carbons (Fsp3) is 0.125. The smallest absolute Gasteiger partial charge is 0.339 e. The Kier molecular flexibility index (Phi) is 3.33. The Morgan fingerprint density at radius 1 is 1.38 bits per heavy atom. The van der Waals surface area contributed by atoms with E-state index in [0.717, 1.165) is 4.47 Å². The van der Waals surface area contributed by atoms with Crippen molar-refractivity contribution in [3.8, 4) is 0 Å². The van der Waals surface area contributed by atoms with E-state index in [4.69, 9.17) is 5.73 Å². The molecule has 0 aliphatic heterocycles. The molecule has 1 aromatic rings. The molecule has 1 aromatic carbocycles. The first-order valence-electron chi connectivity index (χ1n) is 3.39. The van der Waals surface area contributed by atoms with E-state index in [0.29, 0.717) is 15.7 Å².